The van der Waals surface area contributed by atoms with Gasteiger partial charge in [-0.25, -0.2) is 4.39 Å². The molecule has 1 saturated carbocycles. The van der Waals surface area contributed by atoms with Crippen LogP contribution in [-0.2, 0) is 17.6 Å². The van der Waals surface area contributed by atoms with E-state index in [0.29, 0.717) is 6.42 Å². The van der Waals surface area contributed by atoms with Crippen molar-refractivity contribution >= 4 is 5.91 Å². The van der Waals surface area contributed by atoms with Gasteiger partial charge in [-0.3, -0.25) is 4.79 Å². The maximum atomic E-state index is 13.0. The number of carbonyl (C=O) groups excluding carboxylic acids is 1. The topological polar surface area (TPSA) is 29.1 Å². The zero-order valence-corrected chi connectivity index (χ0v) is 14.6. The van der Waals surface area contributed by atoms with Crippen LogP contribution in [0.15, 0.2) is 54.6 Å². The molecule has 0 bridgehead atoms. The summed E-state index contributed by atoms with van der Waals surface area (Å²) in [6.45, 7) is 0.724. The lowest BCUT2D eigenvalue weighted by atomic mass is 9.70. The summed E-state index contributed by atoms with van der Waals surface area (Å²) in [4.78, 5) is 12.3. The van der Waals surface area contributed by atoms with Crippen LogP contribution in [0.3, 0.4) is 0 Å². The summed E-state index contributed by atoms with van der Waals surface area (Å²) in [7, 11) is 0. The van der Waals surface area contributed by atoms with Crippen LogP contribution in [0.1, 0.15) is 43.2 Å². The number of rotatable bonds is 6. The second-order valence-corrected chi connectivity index (χ2v) is 7.30. The second kappa shape index (κ2) is 8.28. The van der Waals surface area contributed by atoms with Gasteiger partial charge in [0.2, 0.25) is 5.91 Å². The Hall–Kier alpha value is -2.16. The number of hydrogen-bond acceptors (Lipinski definition) is 1. The maximum absolute atomic E-state index is 13.0. The molecule has 0 heterocycles. The van der Waals surface area contributed by atoms with Crippen molar-refractivity contribution in [1.29, 1.82) is 0 Å². The van der Waals surface area contributed by atoms with Gasteiger partial charge in [-0.1, -0.05) is 61.7 Å². The molecule has 1 amide bonds. The van der Waals surface area contributed by atoms with E-state index in [2.05, 4.69) is 29.6 Å². The SMILES string of the molecule is O=C(Cc1ccc(F)cc1)NCC1(Cc2ccccc2)CCCCC1. The molecule has 2 aromatic rings. The molecular weight excluding hydrogens is 313 g/mol. The first kappa shape index (κ1) is 17.7. The molecule has 0 saturated heterocycles. The van der Waals surface area contributed by atoms with Gasteiger partial charge in [0, 0.05) is 6.54 Å². The first-order chi connectivity index (χ1) is 12.2. The van der Waals surface area contributed by atoms with Crippen LogP contribution < -0.4 is 5.32 Å². The largest absolute Gasteiger partial charge is 0.355 e. The minimum absolute atomic E-state index is 0.0182. The molecule has 0 spiro atoms. The Morgan fingerprint density at radius 1 is 0.920 bits per heavy atom. The Labute approximate surface area is 149 Å². The standard InChI is InChI=1S/C22H26FNO/c23-20-11-9-18(10-12-20)15-21(25)24-17-22(13-5-2-6-14-22)16-19-7-3-1-4-8-19/h1,3-4,7-12H,2,5-6,13-17H2,(H,24,25). The molecule has 2 aromatic carbocycles. The number of nitrogens with one attached hydrogen (secondary N) is 1. The van der Waals surface area contributed by atoms with Gasteiger partial charge >= 0.3 is 0 Å². The number of amides is 1. The number of halogens is 1. The van der Waals surface area contributed by atoms with Crippen molar-refractivity contribution in [3.63, 3.8) is 0 Å². The van der Waals surface area contributed by atoms with E-state index in [9.17, 15) is 9.18 Å². The molecule has 0 radical (unpaired) electrons. The Bertz CT molecular complexity index is 675. The van der Waals surface area contributed by atoms with E-state index in [1.54, 1.807) is 12.1 Å². The summed E-state index contributed by atoms with van der Waals surface area (Å²) < 4.78 is 13.0. The molecule has 0 unspecified atom stereocenters. The number of hydrogen-bond donors (Lipinski definition) is 1. The summed E-state index contributed by atoms with van der Waals surface area (Å²) in [5.74, 6) is -0.252. The molecule has 2 nitrogen and oxygen atoms in total. The molecule has 1 N–H and O–H groups in total. The molecule has 3 rings (SSSR count). The normalized spacial score (nSPS) is 16.4. The minimum atomic E-state index is -0.270. The summed E-state index contributed by atoms with van der Waals surface area (Å²) >= 11 is 0. The molecular formula is C22H26FNO. The van der Waals surface area contributed by atoms with E-state index in [1.165, 1.54) is 49.8 Å². The van der Waals surface area contributed by atoms with Crippen LogP contribution in [0.25, 0.3) is 0 Å². The van der Waals surface area contributed by atoms with Gasteiger partial charge in [-0.05, 0) is 47.9 Å². The van der Waals surface area contributed by atoms with Gasteiger partial charge in [-0.15, -0.1) is 0 Å². The molecule has 3 heteroatoms. The molecule has 0 aromatic heterocycles. The van der Waals surface area contributed by atoms with Gasteiger partial charge < -0.3 is 5.32 Å². The second-order valence-electron chi connectivity index (χ2n) is 7.30. The number of benzene rings is 2. The highest BCUT2D eigenvalue weighted by molar-refractivity contribution is 5.78. The Kier molecular flexibility index (Phi) is 5.85. The Balaban J connectivity index is 1.60. The van der Waals surface area contributed by atoms with Crippen LogP contribution >= 0.6 is 0 Å². The van der Waals surface area contributed by atoms with Crippen LogP contribution in [0, 0.1) is 11.2 Å². The Morgan fingerprint density at radius 3 is 2.28 bits per heavy atom. The molecule has 1 aliphatic carbocycles. The monoisotopic (exact) mass is 339 g/mol. The lowest BCUT2D eigenvalue weighted by Gasteiger charge is -2.38. The average Bonchev–Trinajstić information content (AvgIpc) is 2.64. The van der Waals surface area contributed by atoms with E-state index in [-0.39, 0.29) is 17.1 Å². The third-order valence-electron chi connectivity index (χ3n) is 5.27. The molecule has 1 fully saturated rings. The predicted molar refractivity (Wildman–Crippen MR) is 98.8 cm³/mol. The van der Waals surface area contributed by atoms with Crippen molar-refractivity contribution in [3.05, 3.63) is 71.5 Å². The van der Waals surface area contributed by atoms with Gasteiger partial charge in [0.05, 0.1) is 6.42 Å². The van der Waals surface area contributed by atoms with Gasteiger partial charge in [0.15, 0.2) is 0 Å². The zero-order valence-electron chi connectivity index (χ0n) is 14.6. The van der Waals surface area contributed by atoms with E-state index in [1.807, 2.05) is 6.07 Å². The lowest BCUT2D eigenvalue weighted by molar-refractivity contribution is -0.121. The van der Waals surface area contributed by atoms with Crippen molar-refractivity contribution < 1.29 is 9.18 Å². The molecule has 0 aliphatic heterocycles. The van der Waals surface area contributed by atoms with Crippen molar-refractivity contribution in [2.45, 2.75) is 44.9 Å². The van der Waals surface area contributed by atoms with Crippen LogP contribution in [0.4, 0.5) is 4.39 Å². The summed E-state index contributed by atoms with van der Waals surface area (Å²) in [6, 6.07) is 16.7. The van der Waals surface area contributed by atoms with Crippen molar-refractivity contribution in [2.24, 2.45) is 5.41 Å². The maximum Gasteiger partial charge on any atom is 0.224 e. The van der Waals surface area contributed by atoms with E-state index in [4.69, 9.17) is 0 Å². The molecule has 1 aliphatic rings. The van der Waals surface area contributed by atoms with Gasteiger partial charge in [-0.2, -0.15) is 0 Å². The first-order valence-electron chi connectivity index (χ1n) is 9.20. The average molecular weight is 339 g/mol. The van der Waals surface area contributed by atoms with Gasteiger partial charge in [0.1, 0.15) is 5.82 Å². The quantitative estimate of drug-likeness (QED) is 0.813. The highest BCUT2D eigenvalue weighted by atomic mass is 19.1. The summed E-state index contributed by atoms with van der Waals surface area (Å²) in [5, 5.41) is 3.14. The van der Waals surface area contributed by atoms with Crippen LogP contribution in [0.5, 0.6) is 0 Å². The van der Waals surface area contributed by atoms with Crippen molar-refractivity contribution in [3.8, 4) is 0 Å². The fraction of sp³-hybridized carbons (Fsp3) is 0.409. The fourth-order valence-electron chi connectivity index (χ4n) is 3.88. The molecule has 132 valence electrons. The fourth-order valence-corrected chi connectivity index (χ4v) is 3.88. The highest BCUT2D eigenvalue weighted by Crippen LogP contribution is 2.38. The zero-order chi connectivity index (χ0) is 17.5. The predicted octanol–water partition coefficient (Wildman–Crippen LogP) is 4.68. The van der Waals surface area contributed by atoms with Crippen molar-refractivity contribution in [2.75, 3.05) is 6.54 Å². The Morgan fingerprint density at radius 2 is 1.60 bits per heavy atom. The summed E-state index contributed by atoms with van der Waals surface area (Å²) in [6.07, 6.45) is 7.42. The van der Waals surface area contributed by atoms with Gasteiger partial charge in [0.25, 0.3) is 0 Å². The van der Waals surface area contributed by atoms with E-state index < -0.39 is 0 Å². The number of carbonyl (C=O) groups is 1. The highest BCUT2D eigenvalue weighted by Gasteiger charge is 2.32. The molecule has 0 atom stereocenters. The van der Waals surface area contributed by atoms with Crippen molar-refractivity contribution in [1.82, 2.24) is 5.32 Å². The van der Waals surface area contributed by atoms with Crippen LogP contribution in [0.2, 0.25) is 0 Å². The third-order valence-corrected chi connectivity index (χ3v) is 5.27. The van der Waals surface area contributed by atoms with E-state index >= 15 is 0 Å². The smallest absolute Gasteiger partial charge is 0.224 e. The molecule has 25 heavy (non-hydrogen) atoms. The summed E-state index contributed by atoms with van der Waals surface area (Å²) in [5.41, 5.74) is 2.36. The lowest BCUT2D eigenvalue weighted by Crippen LogP contribution is -2.41. The van der Waals surface area contributed by atoms with E-state index in [0.717, 1.165) is 18.5 Å². The first-order valence-corrected chi connectivity index (χ1v) is 9.20. The minimum Gasteiger partial charge on any atom is -0.355 e. The third kappa shape index (κ3) is 5.15. The van der Waals surface area contributed by atoms with Crippen LogP contribution in [-0.4, -0.2) is 12.5 Å².